The molecule has 26 heavy (non-hydrogen) atoms. The summed E-state index contributed by atoms with van der Waals surface area (Å²) < 4.78 is 34.4. The molecule has 0 amide bonds. The second-order valence-corrected chi connectivity index (χ2v) is 6.45. The van der Waals surface area contributed by atoms with Gasteiger partial charge in [-0.1, -0.05) is 30.3 Å². The van der Waals surface area contributed by atoms with Gasteiger partial charge in [-0.3, -0.25) is 4.57 Å². The van der Waals surface area contributed by atoms with E-state index in [4.69, 9.17) is 9.84 Å². The van der Waals surface area contributed by atoms with Crippen LogP contribution in [0.1, 0.15) is 5.56 Å². The van der Waals surface area contributed by atoms with E-state index in [0.717, 1.165) is 0 Å². The average molecular weight is 472 g/mol. The number of nitrogens with zero attached hydrogens (tertiary/aromatic N) is 4. The topological polar surface area (TPSA) is 141 Å². The van der Waals surface area contributed by atoms with Crippen LogP contribution >= 0.6 is 0 Å². The van der Waals surface area contributed by atoms with Crippen molar-refractivity contribution in [1.82, 2.24) is 9.55 Å². The molecule has 0 saturated carbocycles. The Morgan fingerprint density at radius 2 is 2.08 bits per heavy atom. The van der Waals surface area contributed by atoms with Gasteiger partial charge in [0.15, 0.2) is 5.82 Å². The van der Waals surface area contributed by atoms with E-state index in [1.165, 1.54) is 10.9 Å². The molecule has 0 aliphatic carbocycles. The summed E-state index contributed by atoms with van der Waals surface area (Å²) in [5.74, 6) is -0.897. The van der Waals surface area contributed by atoms with Crippen LogP contribution in [0.2, 0.25) is 0 Å². The van der Waals surface area contributed by atoms with Crippen molar-refractivity contribution in [2.75, 3.05) is 18.5 Å². The molecule has 0 fully saturated rings. The van der Waals surface area contributed by atoms with Crippen molar-refractivity contribution in [2.45, 2.75) is 11.8 Å². The second-order valence-electron chi connectivity index (χ2n) is 4.93. The van der Waals surface area contributed by atoms with Gasteiger partial charge in [0.2, 0.25) is 11.0 Å². The summed E-state index contributed by atoms with van der Waals surface area (Å²) >= 11 is 0. The van der Waals surface area contributed by atoms with Crippen molar-refractivity contribution in [3.05, 3.63) is 42.2 Å². The first-order chi connectivity index (χ1) is 12.0. The molecule has 2 aromatic rings. The Balaban J connectivity index is 0.00000243. The van der Waals surface area contributed by atoms with Gasteiger partial charge < -0.3 is 20.3 Å². The van der Waals surface area contributed by atoms with Crippen LogP contribution in [-0.4, -0.2) is 48.1 Å². The van der Waals surface area contributed by atoms with E-state index in [-0.39, 0.29) is 59.1 Å². The van der Waals surface area contributed by atoms with Gasteiger partial charge in [-0.2, -0.15) is 8.42 Å². The Morgan fingerprint density at radius 1 is 1.35 bits per heavy atom. The summed E-state index contributed by atoms with van der Waals surface area (Å²) in [6, 6.07) is 8.20. The minimum atomic E-state index is -4.09. The van der Waals surface area contributed by atoms with Crippen LogP contribution in [0.4, 0.5) is 5.82 Å². The zero-order valence-electron chi connectivity index (χ0n) is 13.2. The van der Waals surface area contributed by atoms with Crippen molar-refractivity contribution in [1.29, 1.82) is 0 Å². The molecule has 0 spiro atoms. The van der Waals surface area contributed by atoms with E-state index >= 15 is 0 Å². The third-order valence-corrected chi connectivity index (χ3v) is 4.38. The summed E-state index contributed by atoms with van der Waals surface area (Å²) in [5, 5.41) is 23.2. The van der Waals surface area contributed by atoms with E-state index in [9.17, 15) is 13.5 Å². The number of aliphatic hydroxyl groups is 1. The Hall–Kier alpha value is -2.02. The predicted octanol–water partition coefficient (Wildman–Crippen LogP) is -0.876. The maximum absolute atomic E-state index is 12.2. The number of guanidine groups is 1. The van der Waals surface area contributed by atoms with E-state index in [1.54, 1.807) is 30.3 Å². The first kappa shape index (κ1) is 20.3. The fourth-order valence-corrected chi connectivity index (χ4v) is 3.07. The third kappa shape index (κ3) is 4.38. The first-order valence-corrected chi connectivity index (χ1v) is 8.62. The number of anilines is 1. The van der Waals surface area contributed by atoms with Crippen LogP contribution < -0.4 is 10.4 Å². The SMILES string of the molecule is O=S1(=O)N=C(N=C([O-])c2ccccc2)Nc2c1ncn2COCCO.[Ag+]. The van der Waals surface area contributed by atoms with Crippen LogP contribution in [0.25, 0.3) is 0 Å². The van der Waals surface area contributed by atoms with Gasteiger partial charge in [0.25, 0.3) is 0 Å². The summed E-state index contributed by atoms with van der Waals surface area (Å²) in [7, 11) is -4.09. The normalized spacial score (nSPS) is 15.4. The summed E-state index contributed by atoms with van der Waals surface area (Å²) in [4.78, 5) is 7.51. The minimum absolute atomic E-state index is 0. The number of benzene rings is 1. The number of sulfonamides is 1. The molecule has 1 aliphatic heterocycles. The Bertz CT molecular complexity index is 926. The van der Waals surface area contributed by atoms with E-state index in [1.807, 2.05) is 0 Å². The molecular formula is C14H14AgN5O5S. The van der Waals surface area contributed by atoms with Crippen LogP contribution in [0, 0.1) is 0 Å². The number of imidazole rings is 1. The number of aliphatic hydroxyl groups excluding tert-OH is 1. The molecule has 0 unspecified atom stereocenters. The third-order valence-electron chi connectivity index (χ3n) is 3.18. The first-order valence-electron chi connectivity index (χ1n) is 7.18. The Morgan fingerprint density at radius 3 is 2.77 bits per heavy atom. The van der Waals surface area contributed by atoms with Gasteiger partial charge in [0.05, 0.1) is 19.5 Å². The predicted molar refractivity (Wildman–Crippen MR) is 86.5 cm³/mol. The number of rotatable bonds is 5. The fourth-order valence-electron chi connectivity index (χ4n) is 2.08. The molecule has 1 aromatic carbocycles. The molecule has 3 rings (SSSR count). The molecule has 1 aliphatic rings. The van der Waals surface area contributed by atoms with Crippen molar-refractivity contribution in [2.24, 2.45) is 9.39 Å². The van der Waals surface area contributed by atoms with Crippen LogP contribution in [0.5, 0.6) is 0 Å². The van der Waals surface area contributed by atoms with Gasteiger partial charge in [0, 0.05) is 0 Å². The number of aromatic nitrogens is 2. The van der Waals surface area contributed by atoms with Crippen LogP contribution in [0.3, 0.4) is 0 Å². The summed E-state index contributed by atoms with van der Waals surface area (Å²) in [5.41, 5.74) is 0.301. The van der Waals surface area contributed by atoms with Crippen LogP contribution in [0.15, 0.2) is 51.1 Å². The van der Waals surface area contributed by atoms with Gasteiger partial charge in [-0.25, -0.2) is 9.98 Å². The van der Waals surface area contributed by atoms with Crippen molar-refractivity contribution < 1.29 is 45.7 Å². The largest absolute Gasteiger partial charge is 1.00 e. The second kappa shape index (κ2) is 8.58. The zero-order valence-corrected chi connectivity index (χ0v) is 15.5. The molecule has 2 N–H and O–H groups in total. The van der Waals surface area contributed by atoms with Gasteiger partial charge >= 0.3 is 32.4 Å². The summed E-state index contributed by atoms with van der Waals surface area (Å²) in [6.45, 7) is -0.126. The van der Waals surface area contributed by atoms with E-state index in [2.05, 4.69) is 19.7 Å². The summed E-state index contributed by atoms with van der Waals surface area (Å²) in [6.07, 6.45) is 1.25. The Labute approximate surface area is 164 Å². The van der Waals surface area contributed by atoms with E-state index < -0.39 is 15.9 Å². The zero-order chi connectivity index (χ0) is 17.9. The van der Waals surface area contributed by atoms with Crippen LogP contribution in [-0.2, 0) is 43.9 Å². The molecule has 0 saturated heterocycles. The van der Waals surface area contributed by atoms with Crippen molar-refractivity contribution in [3.8, 4) is 0 Å². The van der Waals surface area contributed by atoms with Crippen molar-refractivity contribution >= 4 is 27.7 Å². The number of fused-ring (bicyclic) bond motifs is 1. The molecular weight excluding hydrogens is 458 g/mol. The van der Waals surface area contributed by atoms with Gasteiger partial charge in [-0.05, 0) is 11.5 Å². The molecule has 1 aromatic heterocycles. The smallest absolute Gasteiger partial charge is 0.858 e. The molecule has 0 atom stereocenters. The number of ether oxygens (including phenoxy) is 1. The monoisotopic (exact) mass is 471 g/mol. The number of hydrogen-bond acceptors (Lipinski definition) is 8. The average Bonchev–Trinajstić information content (AvgIpc) is 2.99. The molecule has 12 heteroatoms. The number of nitrogens with one attached hydrogen (secondary N) is 1. The maximum Gasteiger partial charge on any atom is 1.00 e. The van der Waals surface area contributed by atoms with Gasteiger partial charge in [0.1, 0.15) is 6.73 Å². The molecule has 0 bridgehead atoms. The quantitative estimate of drug-likeness (QED) is 0.249. The fraction of sp³-hybridized carbons (Fsp3) is 0.214. The maximum atomic E-state index is 12.2. The number of aliphatic imine (C=N–C) groups is 1. The molecule has 0 radical (unpaired) electrons. The van der Waals surface area contributed by atoms with E-state index in [0.29, 0.717) is 5.56 Å². The molecule has 2 heterocycles. The standard InChI is InChI=1S/C14H15N5O5S.Ag/c20-6-7-24-9-19-8-15-13-11(19)16-14(18-25(13,22)23)17-12(21)10-4-2-1-3-5-10;/h1-5,8,20H,6-7,9H2,(H2,16,17,18,21);/q;+1/p-1. The number of hydrogen-bond donors (Lipinski definition) is 2. The van der Waals surface area contributed by atoms with Crippen molar-refractivity contribution in [3.63, 3.8) is 0 Å². The van der Waals surface area contributed by atoms with Gasteiger partial charge in [-0.15, -0.1) is 4.40 Å². The Kier molecular flexibility index (Phi) is 6.69. The molecule has 142 valence electrons. The molecule has 10 nitrogen and oxygen atoms in total. The minimum Gasteiger partial charge on any atom is -0.858 e.